The minimum atomic E-state index is -0.274. The van der Waals surface area contributed by atoms with Crippen LogP contribution in [0.15, 0.2) is 21.7 Å². The first kappa shape index (κ1) is 14.8. The van der Waals surface area contributed by atoms with Crippen molar-refractivity contribution in [1.29, 1.82) is 0 Å². The summed E-state index contributed by atoms with van der Waals surface area (Å²) in [5.41, 5.74) is 4.04. The third-order valence-electron chi connectivity index (χ3n) is 4.07. The van der Waals surface area contributed by atoms with Gasteiger partial charge in [-0.15, -0.1) is 0 Å². The SMILES string of the molecule is Cc1ccc(C(=O)NN=C2CCC(C(C)(C)C)CC2)o1. The van der Waals surface area contributed by atoms with Gasteiger partial charge in [0, 0.05) is 5.71 Å². The van der Waals surface area contributed by atoms with E-state index in [1.165, 1.54) is 0 Å². The summed E-state index contributed by atoms with van der Waals surface area (Å²) in [6.07, 6.45) is 4.24. The largest absolute Gasteiger partial charge is 0.456 e. The number of nitrogens with zero attached hydrogens (tertiary/aromatic N) is 1. The van der Waals surface area contributed by atoms with Gasteiger partial charge in [-0.1, -0.05) is 20.8 Å². The fourth-order valence-electron chi connectivity index (χ4n) is 2.67. The van der Waals surface area contributed by atoms with Crippen molar-refractivity contribution in [2.45, 2.75) is 53.4 Å². The van der Waals surface area contributed by atoms with Crippen LogP contribution < -0.4 is 5.43 Å². The Morgan fingerprint density at radius 1 is 1.30 bits per heavy atom. The minimum Gasteiger partial charge on any atom is -0.456 e. The Balaban J connectivity index is 1.86. The van der Waals surface area contributed by atoms with Crippen molar-refractivity contribution in [2.75, 3.05) is 0 Å². The first-order valence-electron chi connectivity index (χ1n) is 7.28. The highest BCUT2D eigenvalue weighted by Crippen LogP contribution is 2.36. The van der Waals surface area contributed by atoms with E-state index in [9.17, 15) is 4.79 Å². The van der Waals surface area contributed by atoms with E-state index >= 15 is 0 Å². The molecule has 1 fully saturated rings. The zero-order chi connectivity index (χ0) is 14.8. The Kier molecular flexibility index (Phi) is 4.31. The Bertz CT molecular complexity index is 499. The van der Waals surface area contributed by atoms with Crippen LogP contribution in [0.3, 0.4) is 0 Å². The Morgan fingerprint density at radius 2 is 1.95 bits per heavy atom. The lowest BCUT2D eigenvalue weighted by Crippen LogP contribution is -2.27. The summed E-state index contributed by atoms with van der Waals surface area (Å²) in [5.74, 6) is 1.51. The monoisotopic (exact) mass is 276 g/mol. The predicted molar refractivity (Wildman–Crippen MR) is 79.8 cm³/mol. The first-order chi connectivity index (χ1) is 9.36. The molecular weight excluding hydrogens is 252 g/mol. The molecule has 1 saturated carbocycles. The number of aryl methyl sites for hydroxylation is 1. The van der Waals surface area contributed by atoms with Gasteiger partial charge in [-0.2, -0.15) is 5.10 Å². The fourth-order valence-corrected chi connectivity index (χ4v) is 2.67. The average molecular weight is 276 g/mol. The molecule has 0 atom stereocenters. The lowest BCUT2D eigenvalue weighted by atomic mass is 9.72. The molecule has 0 unspecified atom stereocenters. The second-order valence-electron chi connectivity index (χ2n) is 6.67. The molecule has 1 aliphatic rings. The van der Waals surface area contributed by atoms with Gasteiger partial charge >= 0.3 is 5.91 Å². The van der Waals surface area contributed by atoms with Crippen LogP contribution in [-0.2, 0) is 0 Å². The lowest BCUT2D eigenvalue weighted by molar-refractivity contribution is 0.0925. The summed E-state index contributed by atoms with van der Waals surface area (Å²) in [6, 6.07) is 3.44. The van der Waals surface area contributed by atoms with Crippen LogP contribution in [0.2, 0.25) is 0 Å². The summed E-state index contributed by atoms with van der Waals surface area (Å²) in [6.45, 7) is 8.69. The molecule has 1 aromatic rings. The summed E-state index contributed by atoms with van der Waals surface area (Å²) in [7, 11) is 0. The van der Waals surface area contributed by atoms with Crippen molar-refractivity contribution in [1.82, 2.24) is 5.43 Å². The van der Waals surface area contributed by atoms with Gasteiger partial charge in [0.25, 0.3) is 0 Å². The molecule has 1 amide bonds. The molecule has 20 heavy (non-hydrogen) atoms. The molecule has 0 aliphatic heterocycles. The third kappa shape index (κ3) is 3.71. The lowest BCUT2D eigenvalue weighted by Gasteiger charge is -2.34. The normalized spacial score (nSPS) is 19.8. The van der Waals surface area contributed by atoms with Crippen molar-refractivity contribution < 1.29 is 9.21 Å². The van der Waals surface area contributed by atoms with E-state index in [0.29, 0.717) is 11.2 Å². The standard InChI is InChI=1S/C16H24N2O2/c1-11-5-10-14(20-11)15(19)18-17-13-8-6-12(7-9-13)16(2,3)4/h5,10,12H,6-9H2,1-4H3,(H,18,19). The van der Waals surface area contributed by atoms with Crippen molar-refractivity contribution in [3.05, 3.63) is 23.7 Å². The molecule has 1 aliphatic carbocycles. The number of nitrogens with one attached hydrogen (secondary N) is 1. The van der Waals surface area contributed by atoms with Gasteiger partial charge in [-0.25, -0.2) is 5.43 Å². The number of hydrogen-bond acceptors (Lipinski definition) is 3. The number of hydrazone groups is 1. The Hall–Kier alpha value is -1.58. The third-order valence-corrected chi connectivity index (χ3v) is 4.07. The van der Waals surface area contributed by atoms with E-state index in [1.807, 2.05) is 6.92 Å². The molecule has 2 rings (SSSR count). The number of carbonyl (C=O) groups excluding carboxylic acids is 1. The zero-order valence-electron chi connectivity index (χ0n) is 12.8. The molecule has 1 aromatic heterocycles. The molecule has 0 radical (unpaired) electrons. The van der Waals surface area contributed by atoms with Gasteiger partial charge < -0.3 is 4.42 Å². The highest BCUT2D eigenvalue weighted by Gasteiger charge is 2.28. The molecule has 110 valence electrons. The highest BCUT2D eigenvalue weighted by atomic mass is 16.3. The highest BCUT2D eigenvalue weighted by molar-refractivity contribution is 5.93. The van der Waals surface area contributed by atoms with Crippen LogP contribution in [0.4, 0.5) is 0 Å². The van der Waals surface area contributed by atoms with Gasteiger partial charge in [0.15, 0.2) is 5.76 Å². The smallest absolute Gasteiger partial charge is 0.307 e. The minimum absolute atomic E-state index is 0.274. The van der Waals surface area contributed by atoms with Crippen LogP contribution in [0.25, 0.3) is 0 Å². The van der Waals surface area contributed by atoms with E-state index in [2.05, 4.69) is 31.3 Å². The fraction of sp³-hybridized carbons (Fsp3) is 0.625. The maximum absolute atomic E-state index is 11.8. The van der Waals surface area contributed by atoms with Crippen LogP contribution in [0.5, 0.6) is 0 Å². The number of amides is 1. The summed E-state index contributed by atoms with van der Waals surface area (Å²) in [5, 5.41) is 4.24. The first-order valence-corrected chi connectivity index (χ1v) is 7.28. The molecule has 1 heterocycles. The van der Waals surface area contributed by atoms with Gasteiger partial charge in [0.1, 0.15) is 5.76 Å². The van der Waals surface area contributed by atoms with Crippen molar-refractivity contribution >= 4 is 11.6 Å². The number of furan rings is 1. The average Bonchev–Trinajstić information content (AvgIpc) is 2.82. The van der Waals surface area contributed by atoms with E-state index in [4.69, 9.17) is 4.42 Å². The Morgan fingerprint density at radius 3 is 2.45 bits per heavy atom. The zero-order valence-corrected chi connectivity index (χ0v) is 12.8. The summed E-state index contributed by atoms with van der Waals surface area (Å²) >= 11 is 0. The summed E-state index contributed by atoms with van der Waals surface area (Å²) < 4.78 is 5.27. The van der Waals surface area contributed by atoms with Crippen LogP contribution in [-0.4, -0.2) is 11.6 Å². The van der Waals surface area contributed by atoms with Gasteiger partial charge in [-0.3, -0.25) is 4.79 Å². The van der Waals surface area contributed by atoms with E-state index < -0.39 is 0 Å². The van der Waals surface area contributed by atoms with Gasteiger partial charge in [0.05, 0.1) is 0 Å². The predicted octanol–water partition coefficient (Wildman–Crippen LogP) is 3.91. The van der Waals surface area contributed by atoms with Crippen LogP contribution in [0.1, 0.15) is 62.8 Å². The molecular formula is C16H24N2O2. The number of rotatable bonds is 2. The van der Waals surface area contributed by atoms with Crippen LogP contribution in [0, 0.1) is 18.3 Å². The second kappa shape index (κ2) is 5.81. The number of carbonyl (C=O) groups is 1. The quantitative estimate of drug-likeness (QED) is 0.833. The topological polar surface area (TPSA) is 54.6 Å². The molecule has 0 aromatic carbocycles. The molecule has 1 N–H and O–H groups in total. The van der Waals surface area contributed by atoms with E-state index in [1.54, 1.807) is 12.1 Å². The van der Waals surface area contributed by atoms with Crippen molar-refractivity contribution in [3.8, 4) is 0 Å². The van der Waals surface area contributed by atoms with E-state index in [0.717, 1.165) is 43.1 Å². The molecule has 0 bridgehead atoms. The van der Waals surface area contributed by atoms with Crippen molar-refractivity contribution in [3.63, 3.8) is 0 Å². The van der Waals surface area contributed by atoms with Gasteiger partial charge in [-0.05, 0) is 56.1 Å². The maximum atomic E-state index is 11.8. The van der Waals surface area contributed by atoms with Crippen LogP contribution >= 0.6 is 0 Å². The number of hydrogen-bond donors (Lipinski definition) is 1. The Labute approximate surface area is 120 Å². The van der Waals surface area contributed by atoms with Gasteiger partial charge in [0.2, 0.25) is 0 Å². The molecule has 0 saturated heterocycles. The van der Waals surface area contributed by atoms with Crippen molar-refractivity contribution in [2.24, 2.45) is 16.4 Å². The molecule has 0 spiro atoms. The van der Waals surface area contributed by atoms with E-state index in [-0.39, 0.29) is 5.91 Å². The second-order valence-corrected chi connectivity index (χ2v) is 6.67. The molecule has 4 nitrogen and oxygen atoms in total. The summed E-state index contributed by atoms with van der Waals surface area (Å²) in [4.78, 5) is 11.8. The molecule has 4 heteroatoms. The maximum Gasteiger partial charge on any atom is 0.307 e.